The van der Waals surface area contributed by atoms with Gasteiger partial charge in [-0.25, -0.2) is 9.97 Å². The molecule has 0 radical (unpaired) electrons. The van der Waals surface area contributed by atoms with Crippen LogP contribution in [0.15, 0.2) is 64.5 Å². The van der Waals surface area contributed by atoms with E-state index >= 15 is 0 Å². The van der Waals surface area contributed by atoms with Crippen molar-refractivity contribution >= 4 is 44.3 Å². The van der Waals surface area contributed by atoms with E-state index in [1.54, 1.807) is 26.0 Å². The highest BCUT2D eigenvalue weighted by atomic mass is 32.2. The molecule has 5 rings (SSSR count). The van der Waals surface area contributed by atoms with E-state index in [2.05, 4.69) is 15.6 Å². The van der Waals surface area contributed by atoms with Crippen molar-refractivity contribution in [2.75, 3.05) is 20.8 Å². The molecule has 0 saturated carbocycles. The van der Waals surface area contributed by atoms with Gasteiger partial charge in [0.2, 0.25) is 0 Å². The summed E-state index contributed by atoms with van der Waals surface area (Å²) in [5.41, 5.74) is 3.62. The Hall–Kier alpha value is -3.14. The second kappa shape index (κ2) is 9.38. The first-order valence-electron chi connectivity index (χ1n) is 10.4. The Morgan fingerprint density at radius 3 is 2.67 bits per heavy atom. The summed E-state index contributed by atoms with van der Waals surface area (Å²) in [5, 5.41) is 0.875. The first kappa shape index (κ1) is 21.7. The molecule has 9 heteroatoms. The number of aromatic nitrogens is 4. The first-order valence-corrected chi connectivity index (χ1v) is 12.2. The molecule has 0 aliphatic heterocycles. The number of thiophene rings is 1. The number of imidazole rings is 1. The van der Waals surface area contributed by atoms with Crippen molar-refractivity contribution in [2.45, 2.75) is 17.5 Å². The third-order valence-corrected chi connectivity index (χ3v) is 7.44. The number of nitrogens with zero attached hydrogens (tertiary/aromatic N) is 3. The van der Waals surface area contributed by atoms with Gasteiger partial charge in [-0.1, -0.05) is 23.9 Å². The molecule has 0 amide bonds. The summed E-state index contributed by atoms with van der Waals surface area (Å²) in [5.74, 6) is 1.93. The second-order valence-corrected chi connectivity index (χ2v) is 9.38. The fraction of sp³-hybridized carbons (Fsp3) is 0.208. The molecule has 0 aliphatic rings. The standard InChI is InChI=1S/C24H22N4O3S2/c1-30-12-11-28-19-6-4-3-5-17(19)26-24(28)32-14-21-25-18-13-20(33-22(18)23(29)27-21)15-7-9-16(31-2)10-8-15/h3-10,13H,11-12,14H2,1-2H3,(H,25,27,29). The Bertz CT molecular complexity index is 1470. The van der Waals surface area contributed by atoms with Crippen molar-refractivity contribution in [1.29, 1.82) is 0 Å². The van der Waals surface area contributed by atoms with Crippen LogP contribution < -0.4 is 10.3 Å². The van der Waals surface area contributed by atoms with E-state index in [-0.39, 0.29) is 5.56 Å². The molecule has 0 bridgehead atoms. The minimum absolute atomic E-state index is 0.117. The summed E-state index contributed by atoms with van der Waals surface area (Å²) in [6.07, 6.45) is 0. The molecule has 0 unspecified atom stereocenters. The van der Waals surface area contributed by atoms with Crippen LogP contribution in [0.2, 0.25) is 0 Å². The number of benzene rings is 2. The van der Waals surface area contributed by atoms with Crippen LogP contribution in [0.5, 0.6) is 5.75 Å². The van der Waals surface area contributed by atoms with Crippen LogP contribution in [0.1, 0.15) is 5.82 Å². The minimum atomic E-state index is -0.117. The monoisotopic (exact) mass is 478 g/mol. The highest BCUT2D eigenvalue weighted by Gasteiger charge is 2.14. The lowest BCUT2D eigenvalue weighted by atomic mass is 10.2. The lowest BCUT2D eigenvalue weighted by Crippen LogP contribution is -2.10. The van der Waals surface area contributed by atoms with Crippen molar-refractivity contribution in [3.8, 4) is 16.2 Å². The van der Waals surface area contributed by atoms with Gasteiger partial charge in [-0.05, 0) is 48.0 Å². The molecule has 1 N–H and O–H groups in total. The summed E-state index contributed by atoms with van der Waals surface area (Å²) in [4.78, 5) is 26.2. The summed E-state index contributed by atoms with van der Waals surface area (Å²) in [6.45, 7) is 1.30. The molecule has 0 aliphatic carbocycles. The fourth-order valence-corrected chi connectivity index (χ4v) is 5.56. The molecule has 3 aromatic heterocycles. The van der Waals surface area contributed by atoms with Gasteiger partial charge >= 0.3 is 0 Å². The van der Waals surface area contributed by atoms with E-state index in [0.717, 1.165) is 32.4 Å². The maximum Gasteiger partial charge on any atom is 0.268 e. The number of methoxy groups -OCH3 is 2. The molecule has 168 valence electrons. The summed E-state index contributed by atoms with van der Waals surface area (Å²) < 4.78 is 13.3. The molecule has 3 heterocycles. The number of nitrogens with one attached hydrogen (secondary N) is 1. The average molecular weight is 479 g/mol. The molecule has 0 fully saturated rings. The summed E-state index contributed by atoms with van der Waals surface area (Å²) in [6, 6.07) is 17.8. The molecule has 2 aromatic carbocycles. The number of aromatic amines is 1. The van der Waals surface area contributed by atoms with Crippen LogP contribution in [0.25, 0.3) is 31.7 Å². The number of fused-ring (bicyclic) bond motifs is 2. The maximum atomic E-state index is 12.8. The van der Waals surface area contributed by atoms with Crippen LogP contribution in [-0.4, -0.2) is 40.3 Å². The Labute approximate surface area is 198 Å². The topological polar surface area (TPSA) is 82.0 Å². The van der Waals surface area contributed by atoms with Gasteiger partial charge in [-0.2, -0.15) is 0 Å². The van der Waals surface area contributed by atoms with E-state index in [9.17, 15) is 4.79 Å². The number of rotatable bonds is 8. The van der Waals surface area contributed by atoms with Gasteiger partial charge in [0.25, 0.3) is 5.56 Å². The van der Waals surface area contributed by atoms with Crippen molar-refractivity contribution < 1.29 is 9.47 Å². The van der Waals surface area contributed by atoms with Gasteiger partial charge in [0.1, 0.15) is 16.3 Å². The first-order chi connectivity index (χ1) is 16.2. The number of para-hydroxylation sites is 2. The van der Waals surface area contributed by atoms with E-state index in [1.165, 1.54) is 11.3 Å². The predicted molar refractivity (Wildman–Crippen MR) is 133 cm³/mol. The van der Waals surface area contributed by atoms with Crippen LogP contribution >= 0.6 is 23.1 Å². The van der Waals surface area contributed by atoms with Crippen molar-refractivity contribution in [3.05, 3.63) is 70.8 Å². The third kappa shape index (κ3) is 4.39. The van der Waals surface area contributed by atoms with E-state index in [4.69, 9.17) is 19.4 Å². The smallest absolute Gasteiger partial charge is 0.268 e. The normalized spacial score (nSPS) is 11.5. The zero-order valence-corrected chi connectivity index (χ0v) is 19.8. The van der Waals surface area contributed by atoms with Gasteiger partial charge in [-0.15, -0.1) is 11.3 Å². The third-order valence-electron chi connectivity index (χ3n) is 5.28. The quantitative estimate of drug-likeness (QED) is 0.318. The predicted octanol–water partition coefficient (Wildman–Crippen LogP) is 4.95. The zero-order chi connectivity index (χ0) is 22.8. The number of hydrogen-bond donors (Lipinski definition) is 1. The minimum Gasteiger partial charge on any atom is -0.497 e. The number of thioether (sulfide) groups is 1. The molecule has 5 aromatic rings. The molecular formula is C24H22N4O3S2. The summed E-state index contributed by atoms with van der Waals surface area (Å²) >= 11 is 3.00. The van der Waals surface area contributed by atoms with Gasteiger partial charge in [0.15, 0.2) is 5.16 Å². The van der Waals surface area contributed by atoms with Crippen LogP contribution in [0.4, 0.5) is 0 Å². The van der Waals surface area contributed by atoms with Gasteiger partial charge in [-0.3, -0.25) is 4.79 Å². The lowest BCUT2D eigenvalue weighted by Gasteiger charge is -2.08. The van der Waals surface area contributed by atoms with Crippen molar-refractivity contribution in [2.24, 2.45) is 0 Å². The molecule has 0 saturated heterocycles. The number of hydrogen-bond acceptors (Lipinski definition) is 7. The van der Waals surface area contributed by atoms with Crippen molar-refractivity contribution in [1.82, 2.24) is 19.5 Å². The number of ether oxygens (including phenoxy) is 2. The fourth-order valence-electron chi connectivity index (χ4n) is 3.65. The molecule has 7 nitrogen and oxygen atoms in total. The highest BCUT2D eigenvalue weighted by Crippen LogP contribution is 2.32. The largest absolute Gasteiger partial charge is 0.497 e. The maximum absolute atomic E-state index is 12.8. The van der Waals surface area contributed by atoms with Gasteiger partial charge < -0.3 is 19.0 Å². The Kier molecular flexibility index (Phi) is 6.17. The molecule has 0 atom stereocenters. The molecular weight excluding hydrogens is 456 g/mol. The lowest BCUT2D eigenvalue weighted by molar-refractivity contribution is 0.186. The second-order valence-electron chi connectivity index (χ2n) is 7.38. The molecule has 33 heavy (non-hydrogen) atoms. The Balaban J connectivity index is 1.42. The number of H-pyrrole nitrogens is 1. The summed E-state index contributed by atoms with van der Waals surface area (Å²) in [7, 11) is 3.33. The highest BCUT2D eigenvalue weighted by molar-refractivity contribution is 7.98. The zero-order valence-electron chi connectivity index (χ0n) is 18.2. The van der Waals surface area contributed by atoms with Crippen molar-refractivity contribution in [3.63, 3.8) is 0 Å². The van der Waals surface area contributed by atoms with Gasteiger partial charge in [0, 0.05) is 18.5 Å². The van der Waals surface area contributed by atoms with Crippen LogP contribution in [-0.2, 0) is 17.0 Å². The Morgan fingerprint density at radius 1 is 1.06 bits per heavy atom. The van der Waals surface area contributed by atoms with Gasteiger partial charge in [0.05, 0.1) is 36.0 Å². The van der Waals surface area contributed by atoms with Crippen LogP contribution in [0.3, 0.4) is 0 Å². The van der Waals surface area contributed by atoms with E-state index in [0.29, 0.717) is 34.9 Å². The SMILES string of the molecule is COCCn1c(SCc2nc3cc(-c4ccc(OC)cc4)sc3c(=O)[nH]2)nc2ccccc21. The van der Waals surface area contributed by atoms with E-state index < -0.39 is 0 Å². The van der Waals surface area contributed by atoms with E-state index in [1.807, 2.05) is 48.5 Å². The van der Waals surface area contributed by atoms with Crippen LogP contribution in [0, 0.1) is 0 Å². The average Bonchev–Trinajstić information content (AvgIpc) is 3.43. The Morgan fingerprint density at radius 2 is 1.88 bits per heavy atom. The molecule has 0 spiro atoms.